The van der Waals surface area contributed by atoms with Gasteiger partial charge in [0.25, 0.3) is 5.56 Å². The van der Waals surface area contributed by atoms with Crippen LogP contribution in [0.2, 0.25) is 0 Å². The van der Waals surface area contributed by atoms with Gasteiger partial charge in [0.05, 0.1) is 5.39 Å². The van der Waals surface area contributed by atoms with Gasteiger partial charge >= 0.3 is 0 Å². The van der Waals surface area contributed by atoms with Crippen molar-refractivity contribution in [2.24, 2.45) is 0 Å². The van der Waals surface area contributed by atoms with Crippen LogP contribution in [-0.2, 0) is 24.2 Å². The Hall–Kier alpha value is -1.79. The predicted molar refractivity (Wildman–Crippen MR) is 106 cm³/mol. The highest BCUT2D eigenvalue weighted by Crippen LogP contribution is 2.38. The molecule has 3 heterocycles. The number of ketones is 1. The smallest absolute Gasteiger partial charge is 0.262 e. The first-order valence-electron chi connectivity index (χ1n) is 8.65. The Morgan fingerprint density at radius 1 is 1.32 bits per heavy atom. The zero-order valence-corrected chi connectivity index (χ0v) is 16.4. The second-order valence-electron chi connectivity index (χ2n) is 6.10. The minimum atomic E-state index is -0.00551. The minimum absolute atomic E-state index is 0.00551. The number of Topliss-reactive ketones (excluding diaryl/α,β-unsaturated/α-hetero) is 1. The summed E-state index contributed by atoms with van der Waals surface area (Å²) in [7, 11) is 0. The van der Waals surface area contributed by atoms with Gasteiger partial charge in [-0.05, 0) is 31.2 Å². The summed E-state index contributed by atoms with van der Waals surface area (Å²) in [5.41, 5.74) is 1.03. The van der Waals surface area contributed by atoms with E-state index >= 15 is 0 Å². The number of thiophene rings is 2. The van der Waals surface area contributed by atoms with Gasteiger partial charge in [-0.2, -0.15) is 0 Å². The molecule has 0 radical (unpaired) electrons. The molecule has 0 atom stereocenters. The molecule has 0 amide bonds. The van der Waals surface area contributed by atoms with Crippen molar-refractivity contribution in [3.63, 3.8) is 0 Å². The number of hydrogen-bond acceptors (Lipinski definition) is 5. The number of aromatic nitrogens is 2. The van der Waals surface area contributed by atoms with Gasteiger partial charge < -0.3 is 0 Å². The third-order valence-corrected chi connectivity index (χ3v) is 6.33. The van der Waals surface area contributed by atoms with Crippen molar-refractivity contribution in [2.75, 3.05) is 0 Å². The van der Waals surface area contributed by atoms with Crippen LogP contribution in [0.4, 0.5) is 0 Å². The molecule has 0 aliphatic heterocycles. The van der Waals surface area contributed by atoms with Crippen LogP contribution in [0.5, 0.6) is 0 Å². The maximum Gasteiger partial charge on any atom is 0.262 e. The molecule has 3 aromatic heterocycles. The second kappa shape index (κ2) is 7.62. The normalized spacial score (nSPS) is 11.3. The van der Waals surface area contributed by atoms with Crippen LogP contribution in [0.15, 0.2) is 22.3 Å². The van der Waals surface area contributed by atoms with E-state index in [1.165, 1.54) is 4.88 Å². The van der Waals surface area contributed by atoms with Crippen LogP contribution in [-0.4, -0.2) is 15.3 Å². The number of rotatable bonds is 7. The van der Waals surface area contributed by atoms with Crippen LogP contribution < -0.4 is 5.56 Å². The topological polar surface area (TPSA) is 52.0 Å². The van der Waals surface area contributed by atoms with Gasteiger partial charge in [-0.15, -0.1) is 22.7 Å². The Labute approximate surface area is 155 Å². The summed E-state index contributed by atoms with van der Waals surface area (Å²) in [6.07, 6.45) is 2.91. The average molecular weight is 375 g/mol. The van der Waals surface area contributed by atoms with Crippen molar-refractivity contribution in [1.29, 1.82) is 0 Å². The molecule has 0 fully saturated rings. The van der Waals surface area contributed by atoms with Gasteiger partial charge in [0, 0.05) is 34.7 Å². The van der Waals surface area contributed by atoms with Crippen LogP contribution in [0.1, 0.15) is 44.3 Å². The Bertz CT molecular complexity index is 952. The van der Waals surface area contributed by atoms with Crippen molar-refractivity contribution in [3.05, 3.63) is 38.6 Å². The largest absolute Gasteiger partial charge is 0.300 e. The highest BCUT2D eigenvalue weighted by molar-refractivity contribution is 7.20. The van der Waals surface area contributed by atoms with E-state index in [-0.39, 0.29) is 11.3 Å². The van der Waals surface area contributed by atoms with Gasteiger partial charge in [-0.3, -0.25) is 14.2 Å². The third kappa shape index (κ3) is 3.46. The monoisotopic (exact) mass is 374 g/mol. The Morgan fingerprint density at radius 3 is 2.72 bits per heavy atom. The predicted octanol–water partition coefficient (Wildman–Crippen LogP) is 4.68. The molecule has 3 rings (SSSR count). The fraction of sp³-hybridized carbons (Fsp3) is 0.421. The van der Waals surface area contributed by atoms with E-state index in [9.17, 15) is 9.59 Å². The molecule has 0 bridgehead atoms. The maximum absolute atomic E-state index is 13.3. The van der Waals surface area contributed by atoms with Crippen LogP contribution in [0.3, 0.4) is 0 Å². The van der Waals surface area contributed by atoms with E-state index in [1.807, 2.05) is 11.4 Å². The molecule has 132 valence electrons. The number of nitrogens with zero attached hydrogens (tertiary/aromatic N) is 2. The van der Waals surface area contributed by atoms with E-state index < -0.39 is 0 Å². The van der Waals surface area contributed by atoms with Gasteiger partial charge in [0.1, 0.15) is 16.4 Å². The molecule has 0 spiro atoms. The Balaban J connectivity index is 2.28. The van der Waals surface area contributed by atoms with Crippen molar-refractivity contribution in [2.45, 2.75) is 53.0 Å². The summed E-state index contributed by atoms with van der Waals surface area (Å²) in [6, 6.07) is 4.07. The summed E-state index contributed by atoms with van der Waals surface area (Å²) in [6.45, 7) is 6.17. The zero-order chi connectivity index (χ0) is 18.0. The number of hydrogen-bond donors (Lipinski definition) is 0. The highest BCUT2D eigenvalue weighted by atomic mass is 32.1. The lowest BCUT2D eigenvalue weighted by Crippen LogP contribution is -2.26. The summed E-state index contributed by atoms with van der Waals surface area (Å²) in [5.74, 6) is 0.885. The van der Waals surface area contributed by atoms with Crippen molar-refractivity contribution in [1.82, 2.24) is 9.55 Å². The number of carbonyl (C=O) groups excluding carboxylic acids is 1. The fourth-order valence-corrected chi connectivity index (χ4v) is 5.02. The minimum Gasteiger partial charge on any atom is -0.300 e. The fourth-order valence-electron chi connectivity index (χ4n) is 3.02. The molecule has 6 heteroatoms. The number of aryl methyl sites for hydroxylation is 2. The standard InChI is InChI=1S/C19H22N2O2S2/c1-4-7-15-20-18-17(19(23)21(15)10-9-12(3)22)16(13(5-2)25-18)14-8-6-11-24-14/h6,8,11H,4-5,7,9-10H2,1-3H3. The average Bonchev–Trinajstić information content (AvgIpc) is 3.21. The molecule has 0 saturated heterocycles. The molecule has 0 aromatic carbocycles. The Kier molecular flexibility index (Phi) is 5.49. The van der Waals surface area contributed by atoms with E-state index in [0.29, 0.717) is 18.4 Å². The summed E-state index contributed by atoms with van der Waals surface area (Å²) >= 11 is 3.27. The van der Waals surface area contributed by atoms with E-state index in [1.54, 1.807) is 34.2 Å². The van der Waals surface area contributed by atoms with Crippen LogP contribution in [0.25, 0.3) is 20.7 Å². The van der Waals surface area contributed by atoms with E-state index in [0.717, 1.165) is 40.4 Å². The van der Waals surface area contributed by atoms with Crippen molar-refractivity contribution >= 4 is 38.7 Å². The quantitative estimate of drug-likeness (QED) is 0.603. The van der Waals surface area contributed by atoms with Crippen molar-refractivity contribution < 1.29 is 4.79 Å². The first-order valence-corrected chi connectivity index (χ1v) is 10.3. The number of fused-ring (bicyclic) bond motifs is 1. The summed E-state index contributed by atoms with van der Waals surface area (Å²) in [4.78, 5) is 32.7. The molecular weight excluding hydrogens is 352 g/mol. The SMILES string of the molecule is CCCc1nc2sc(CC)c(-c3cccs3)c2c(=O)n1CCC(C)=O. The Morgan fingerprint density at radius 2 is 2.12 bits per heavy atom. The molecule has 0 aliphatic rings. The van der Waals surface area contributed by atoms with Gasteiger partial charge in [0.2, 0.25) is 0 Å². The van der Waals surface area contributed by atoms with Gasteiger partial charge in [-0.25, -0.2) is 4.98 Å². The van der Waals surface area contributed by atoms with Crippen molar-refractivity contribution in [3.8, 4) is 10.4 Å². The molecule has 0 aliphatic carbocycles. The summed E-state index contributed by atoms with van der Waals surface area (Å²) in [5, 5.41) is 2.75. The lowest BCUT2D eigenvalue weighted by molar-refractivity contribution is -0.117. The van der Waals surface area contributed by atoms with E-state index in [2.05, 4.69) is 19.9 Å². The first-order chi connectivity index (χ1) is 12.1. The van der Waals surface area contributed by atoms with Gasteiger partial charge in [0.15, 0.2) is 0 Å². The van der Waals surface area contributed by atoms with E-state index in [4.69, 9.17) is 4.98 Å². The molecule has 0 unspecified atom stereocenters. The molecule has 4 nitrogen and oxygen atoms in total. The molecule has 0 N–H and O–H groups in total. The lowest BCUT2D eigenvalue weighted by Gasteiger charge is -2.11. The molecule has 0 saturated carbocycles. The molecule has 3 aromatic rings. The van der Waals surface area contributed by atoms with Gasteiger partial charge in [-0.1, -0.05) is 19.9 Å². The second-order valence-corrected chi connectivity index (χ2v) is 8.13. The summed E-state index contributed by atoms with van der Waals surface area (Å²) < 4.78 is 1.72. The maximum atomic E-state index is 13.3. The molecular formula is C19H22N2O2S2. The van der Waals surface area contributed by atoms with Crippen LogP contribution in [0, 0.1) is 0 Å². The highest BCUT2D eigenvalue weighted by Gasteiger charge is 2.21. The molecule has 25 heavy (non-hydrogen) atoms. The third-order valence-electron chi connectivity index (χ3n) is 4.21. The number of carbonyl (C=O) groups is 1. The first kappa shape index (κ1) is 18.0. The lowest BCUT2D eigenvalue weighted by atomic mass is 10.1. The zero-order valence-electron chi connectivity index (χ0n) is 14.8. The van der Waals surface area contributed by atoms with Crippen LogP contribution >= 0.6 is 22.7 Å².